The zero-order chi connectivity index (χ0) is 23.4. The maximum absolute atomic E-state index is 12.8. The molecular formula is C28H27NO4. The SMILES string of the molecule is CCOc1cc2occ(-c3ccccc3)c2cc1/C(C)=C/C(=O)Nc1cc(C)ccc1OC. The Morgan fingerprint density at radius 3 is 2.58 bits per heavy atom. The van der Waals surface area contributed by atoms with E-state index in [4.69, 9.17) is 13.9 Å². The molecule has 1 heterocycles. The van der Waals surface area contributed by atoms with Crippen molar-refractivity contribution in [3.63, 3.8) is 0 Å². The van der Waals surface area contributed by atoms with Crippen LogP contribution >= 0.6 is 0 Å². The van der Waals surface area contributed by atoms with Crippen LogP contribution in [0.1, 0.15) is 25.0 Å². The van der Waals surface area contributed by atoms with E-state index in [0.29, 0.717) is 23.8 Å². The van der Waals surface area contributed by atoms with Gasteiger partial charge in [-0.25, -0.2) is 0 Å². The van der Waals surface area contributed by atoms with E-state index >= 15 is 0 Å². The molecule has 4 rings (SSSR count). The average Bonchev–Trinajstić information content (AvgIpc) is 3.22. The van der Waals surface area contributed by atoms with E-state index in [1.165, 1.54) is 0 Å². The Morgan fingerprint density at radius 1 is 1.06 bits per heavy atom. The summed E-state index contributed by atoms with van der Waals surface area (Å²) in [7, 11) is 1.58. The molecule has 0 radical (unpaired) electrons. The number of rotatable bonds is 7. The van der Waals surface area contributed by atoms with E-state index in [1.54, 1.807) is 19.4 Å². The number of nitrogens with one attached hydrogen (secondary N) is 1. The molecule has 4 aromatic rings. The summed E-state index contributed by atoms with van der Waals surface area (Å²) in [5.41, 5.74) is 6.09. The van der Waals surface area contributed by atoms with E-state index < -0.39 is 0 Å². The topological polar surface area (TPSA) is 60.7 Å². The van der Waals surface area contributed by atoms with Gasteiger partial charge >= 0.3 is 0 Å². The summed E-state index contributed by atoms with van der Waals surface area (Å²) in [6.45, 7) is 6.31. The number of fused-ring (bicyclic) bond motifs is 1. The number of hydrogen-bond acceptors (Lipinski definition) is 4. The van der Waals surface area contributed by atoms with Gasteiger partial charge in [0, 0.05) is 28.7 Å². The van der Waals surface area contributed by atoms with Crippen LogP contribution in [-0.4, -0.2) is 19.6 Å². The summed E-state index contributed by atoms with van der Waals surface area (Å²) in [6.07, 6.45) is 3.34. The van der Waals surface area contributed by atoms with Gasteiger partial charge in [0.25, 0.3) is 0 Å². The number of carbonyl (C=O) groups excluding carboxylic acids is 1. The lowest BCUT2D eigenvalue weighted by Crippen LogP contribution is -2.10. The van der Waals surface area contributed by atoms with Gasteiger partial charge in [-0.05, 0) is 55.7 Å². The number of furan rings is 1. The van der Waals surface area contributed by atoms with Gasteiger partial charge in [0.2, 0.25) is 5.91 Å². The summed E-state index contributed by atoms with van der Waals surface area (Å²) in [4.78, 5) is 12.8. The molecule has 1 N–H and O–H groups in total. The maximum atomic E-state index is 12.8. The smallest absolute Gasteiger partial charge is 0.248 e. The second-order valence-electron chi connectivity index (χ2n) is 7.81. The first-order valence-electron chi connectivity index (χ1n) is 10.9. The quantitative estimate of drug-likeness (QED) is 0.318. The Labute approximate surface area is 193 Å². The van der Waals surface area contributed by atoms with Gasteiger partial charge in [0.05, 0.1) is 25.7 Å². The average molecular weight is 442 g/mol. The molecule has 0 aliphatic heterocycles. The summed E-state index contributed by atoms with van der Waals surface area (Å²) in [5, 5.41) is 3.89. The first kappa shape index (κ1) is 22.2. The predicted molar refractivity (Wildman–Crippen MR) is 133 cm³/mol. The van der Waals surface area contributed by atoms with Crippen LogP contribution in [0.5, 0.6) is 11.5 Å². The van der Waals surface area contributed by atoms with Crippen LogP contribution < -0.4 is 14.8 Å². The molecule has 168 valence electrons. The van der Waals surface area contributed by atoms with Gasteiger partial charge in [-0.1, -0.05) is 36.4 Å². The van der Waals surface area contributed by atoms with E-state index in [9.17, 15) is 4.79 Å². The minimum absolute atomic E-state index is 0.241. The van der Waals surface area contributed by atoms with Crippen LogP contribution in [0.4, 0.5) is 5.69 Å². The van der Waals surface area contributed by atoms with Crippen LogP contribution in [0.25, 0.3) is 27.7 Å². The number of allylic oxidation sites excluding steroid dienone is 1. The third kappa shape index (κ3) is 4.77. The number of ether oxygens (including phenoxy) is 2. The lowest BCUT2D eigenvalue weighted by Gasteiger charge is -2.13. The molecule has 5 nitrogen and oxygen atoms in total. The van der Waals surface area contributed by atoms with Gasteiger partial charge in [-0.15, -0.1) is 0 Å². The van der Waals surface area contributed by atoms with Crippen LogP contribution in [0.15, 0.2) is 77.4 Å². The molecule has 0 unspecified atom stereocenters. The van der Waals surface area contributed by atoms with Crippen molar-refractivity contribution < 1.29 is 18.7 Å². The Hall–Kier alpha value is -3.99. The van der Waals surface area contributed by atoms with Crippen LogP contribution in [-0.2, 0) is 4.79 Å². The zero-order valence-corrected chi connectivity index (χ0v) is 19.3. The minimum Gasteiger partial charge on any atom is -0.495 e. The van der Waals surface area contributed by atoms with Crippen molar-refractivity contribution in [2.24, 2.45) is 0 Å². The third-order valence-electron chi connectivity index (χ3n) is 5.45. The molecule has 5 heteroatoms. The highest BCUT2D eigenvalue weighted by Crippen LogP contribution is 2.37. The third-order valence-corrected chi connectivity index (χ3v) is 5.45. The summed E-state index contributed by atoms with van der Waals surface area (Å²) >= 11 is 0. The normalized spacial score (nSPS) is 11.5. The Kier molecular flexibility index (Phi) is 6.50. The lowest BCUT2D eigenvalue weighted by molar-refractivity contribution is -0.111. The molecule has 0 saturated heterocycles. The number of benzene rings is 3. The highest BCUT2D eigenvalue weighted by Gasteiger charge is 2.15. The molecule has 0 saturated carbocycles. The molecule has 0 fully saturated rings. The number of anilines is 1. The van der Waals surface area contributed by atoms with Crippen molar-refractivity contribution in [1.29, 1.82) is 0 Å². The minimum atomic E-state index is -0.241. The summed E-state index contributed by atoms with van der Waals surface area (Å²) in [5.74, 6) is 1.05. The monoisotopic (exact) mass is 441 g/mol. The molecular weight excluding hydrogens is 414 g/mol. The van der Waals surface area contributed by atoms with Crippen molar-refractivity contribution >= 4 is 28.1 Å². The van der Waals surface area contributed by atoms with Crippen molar-refractivity contribution in [3.8, 4) is 22.6 Å². The van der Waals surface area contributed by atoms with Gasteiger partial charge in [-0.2, -0.15) is 0 Å². The maximum Gasteiger partial charge on any atom is 0.248 e. The highest BCUT2D eigenvalue weighted by atomic mass is 16.5. The molecule has 1 amide bonds. The largest absolute Gasteiger partial charge is 0.495 e. The summed E-state index contributed by atoms with van der Waals surface area (Å²) < 4.78 is 17.1. The fourth-order valence-electron chi connectivity index (χ4n) is 3.84. The van der Waals surface area contributed by atoms with E-state index in [-0.39, 0.29) is 5.91 Å². The first-order chi connectivity index (χ1) is 16.0. The van der Waals surface area contributed by atoms with Crippen LogP contribution in [0, 0.1) is 6.92 Å². The molecule has 3 aromatic carbocycles. The molecule has 1 aromatic heterocycles. The van der Waals surface area contributed by atoms with Gasteiger partial charge in [0.1, 0.15) is 17.1 Å². The molecule has 0 atom stereocenters. The highest BCUT2D eigenvalue weighted by molar-refractivity contribution is 6.06. The van der Waals surface area contributed by atoms with Crippen LogP contribution in [0.3, 0.4) is 0 Å². The van der Waals surface area contributed by atoms with Gasteiger partial charge < -0.3 is 19.2 Å². The molecule has 0 bridgehead atoms. The molecule has 0 aliphatic carbocycles. The summed E-state index contributed by atoms with van der Waals surface area (Å²) in [6, 6.07) is 19.7. The zero-order valence-electron chi connectivity index (χ0n) is 19.3. The first-order valence-corrected chi connectivity index (χ1v) is 10.9. The van der Waals surface area contributed by atoms with E-state index in [0.717, 1.165) is 38.8 Å². The van der Waals surface area contributed by atoms with E-state index in [2.05, 4.69) is 5.32 Å². The number of amides is 1. The Morgan fingerprint density at radius 2 is 1.85 bits per heavy atom. The number of carbonyl (C=O) groups is 1. The Bertz CT molecular complexity index is 1320. The van der Waals surface area contributed by atoms with Crippen molar-refractivity contribution in [2.45, 2.75) is 20.8 Å². The fourth-order valence-corrected chi connectivity index (χ4v) is 3.84. The second kappa shape index (κ2) is 9.65. The van der Waals surface area contributed by atoms with Gasteiger partial charge in [0.15, 0.2) is 0 Å². The number of methoxy groups -OCH3 is 1. The molecule has 0 spiro atoms. The van der Waals surface area contributed by atoms with Gasteiger partial charge in [-0.3, -0.25) is 4.79 Å². The van der Waals surface area contributed by atoms with Crippen LogP contribution in [0.2, 0.25) is 0 Å². The Balaban J connectivity index is 1.72. The molecule has 33 heavy (non-hydrogen) atoms. The van der Waals surface area contributed by atoms with Crippen molar-refractivity contribution in [2.75, 3.05) is 19.0 Å². The van der Waals surface area contributed by atoms with Crippen molar-refractivity contribution in [3.05, 3.63) is 84.1 Å². The predicted octanol–water partition coefficient (Wildman–Crippen LogP) is 6.86. The van der Waals surface area contributed by atoms with Crippen molar-refractivity contribution in [1.82, 2.24) is 0 Å². The fraction of sp³-hybridized carbons (Fsp3) is 0.179. The standard InChI is InChI=1S/C28H27NO4/c1-5-32-26-16-27-22(23(17-33-27)20-9-7-6-8-10-20)15-21(26)19(3)14-28(30)29-24-13-18(2)11-12-25(24)31-4/h6-17H,5H2,1-4H3,(H,29,30)/b19-14+. The number of hydrogen-bond donors (Lipinski definition) is 1. The second-order valence-corrected chi connectivity index (χ2v) is 7.81. The van der Waals surface area contributed by atoms with E-state index in [1.807, 2.05) is 81.4 Å². The molecule has 0 aliphatic rings. The lowest BCUT2D eigenvalue weighted by atomic mass is 9.99. The number of aryl methyl sites for hydroxylation is 1.